The van der Waals surface area contributed by atoms with Gasteiger partial charge in [0.1, 0.15) is 11.7 Å². The first-order valence-electron chi connectivity index (χ1n) is 13.2. The minimum absolute atomic E-state index is 0.0189. The van der Waals surface area contributed by atoms with Crippen LogP contribution in [0, 0.1) is 17.0 Å². The first kappa shape index (κ1) is 29.7. The lowest BCUT2D eigenvalue weighted by molar-refractivity contribution is -0.385. The van der Waals surface area contributed by atoms with Gasteiger partial charge in [-0.1, -0.05) is 6.07 Å². The molecule has 0 saturated carbocycles. The number of likely N-dealkylation sites (tertiary alicyclic amines) is 1. The summed E-state index contributed by atoms with van der Waals surface area (Å²) < 4.78 is 11.2. The Kier molecular flexibility index (Phi) is 10.5. The maximum absolute atomic E-state index is 13.2. The van der Waals surface area contributed by atoms with E-state index in [1.165, 1.54) is 30.2 Å². The molecule has 3 rings (SSSR count). The van der Waals surface area contributed by atoms with Gasteiger partial charge in [-0.05, 0) is 76.9 Å². The van der Waals surface area contributed by atoms with Crippen LogP contribution in [0.4, 0.5) is 11.4 Å². The number of allylic oxidation sites excluding steroid dienone is 1. The summed E-state index contributed by atoms with van der Waals surface area (Å²) in [6.07, 6.45) is 4.26. The molecule has 0 aliphatic carbocycles. The molecule has 1 aliphatic rings. The second-order valence-corrected chi connectivity index (χ2v) is 10.0. The number of nitro groups is 1. The Hall–Kier alpha value is -3.88. The van der Waals surface area contributed by atoms with Crippen molar-refractivity contribution in [3.63, 3.8) is 0 Å². The van der Waals surface area contributed by atoms with Crippen LogP contribution in [0.25, 0.3) is 0 Å². The van der Waals surface area contributed by atoms with E-state index in [1.54, 1.807) is 7.05 Å². The Balaban J connectivity index is 1.59. The van der Waals surface area contributed by atoms with Crippen molar-refractivity contribution in [3.8, 4) is 11.5 Å². The Morgan fingerprint density at radius 1 is 1.10 bits per heavy atom. The number of methoxy groups -OCH3 is 1. The highest BCUT2D eigenvalue weighted by Crippen LogP contribution is 2.32. The third kappa shape index (κ3) is 7.59. The standard InChI is InChI=1S/C29H38N4O6/c1-21-9-11-25(31(4)29(35)22-10-12-26(33(36)37)27(19-22)38-5)28(18-21)39-17-7-6-8-24(20-34)32-15-13-23(14-16-32)30(2)3/h9-12,18-19,23H,6-8,13-17H2,1-5H3. The molecular weight excluding hydrogens is 500 g/mol. The molecule has 1 amide bonds. The van der Waals surface area contributed by atoms with Gasteiger partial charge < -0.3 is 24.2 Å². The van der Waals surface area contributed by atoms with E-state index in [1.807, 2.05) is 25.1 Å². The average Bonchev–Trinajstić information content (AvgIpc) is 2.94. The molecule has 0 N–H and O–H groups in total. The summed E-state index contributed by atoms with van der Waals surface area (Å²) in [4.78, 5) is 41.3. The van der Waals surface area contributed by atoms with E-state index in [0.717, 1.165) is 50.0 Å². The topological polar surface area (TPSA) is 105 Å². The van der Waals surface area contributed by atoms with Crippen molar-refractivity contribution in [2.75, 3.05) is 52.8 Å². The molecule has 0 unspecified atom stereocenters. The number of ether oxygens (including phenoxy) is 2. The van der Waals surface area contributed by atoms with Crippen LogP contribution in [0.15, 0.2) is 42.1 Å². The molecule has 10 heteroatoms. The van der Waals surface area contributed by atoms with Crippen molar-refractivity contribution >= 4 is 23.2 Å². The first-order valence-corrected chi connectivity index (χ1v) is 13.2. The fraction of sp³-hybridized carbons (Fsp3) is 0.483. The highest BCUT2D eigenvalue weighted by atomic mass is 16.6. The maximum Gasteiger partial charge on any atom is 0.310 e. The van der Waals surface area contributed by atoms with Gasteiger partial charge in [-0.3, -0.25) is 14.9 Å². The predicted molar refractivity (Wildman–Crippen MR) is 150 cm³/mol. The number of hydrogen-bond donors (Lipinski definition) is 0. The van der Waals surface area contributed by atoms with E-state index < -0.39 is 4.92 Å². The van der Waals surface area contributed by atoms with E-state index in [9.17, 15) is 19.7 Å². The van der Waals surface area contributed by atoms with E-state index in [-0.39, 0.29) is 22.9 Å². The Morgan fingerprint density at radius 2 is 1.82 bits per heavy atom. The highest BCUT2D eigenvalue weighted by molar-refractivity contribution is 6.07. The molecule has 2 aromatic carbocycles. The van der Waals surface area contributed by atoms with Crippen LogP contribution >= 0.6 is 0 Å². The monoisotopic (exact) mass is 538 g/mol. The summed E-state index contributed by atoms with van der Waals surface area (Å²) >= 11 is 0. The second-order valence-electron chi connectivity index (χ2n) is 10.0. The van der Waals surface area contributed by atoms with Crippen LogP contribution in [0.1, 0.15) is 48.0 Å². The molecule has 0 bridgehead atoms. The number of hydrogen-bond acceptors (Lipinski definition) is 8. The lowest BCUT2D eigenvalue weighted by Gasteiger charge is -2.36. The van der Waals surface area contributed by atoms with E-state index >= 15 is 0 Å². The number of unbranched alkanes of at least 4 members (excludes halogenated alkanes) is 1. The maximum atomic E-state index is 13.2. The largest absolute Gasteiger partial charge is 0.491 e. The summed E-state index contributed by atoms with van der Waals surface area (Å²) in [6, 6.07) is 10.2. The van der Waals surface area contributed by atoms with Gasteiger partial charge in [0.25, 0.3) is 5.91 Å². The van der Waals surface area contributed by atoms with Gasteiger partial charge in [0, 0.05) is 43.9 Å². The summed E-state index contributed by atoms with van der Waals surface area (Å²) in [5.74, 6) is 2.38. The zero-order valence-corrected chi connectivity index (χ0v) is 23.4. The van der Waals surface area contributed by atoms with Crippen molar-refractivity contribution in [3.05, 3.63) is 63.3 Å². The fourth-order valence-corrected chi connectivity index (χ4v) is 4.78. The quantitative estimate of drug-likeness (QED) is 0.169. The van der Waals surface area contributed by atoms with Gasteiger partial charge in [-0.2, -0.15) is 0 Å². The van der Waals surface area contributed by atoms with Gasteiger partial charge in [-0.25, -0.2) is 4.79 Å². The zero-order valence-electron chi connectivity index (χ0n) is 23.4. The van der Waals surface area contributed by atoms with Crippen LogP contribution < -0.4 is 14.4 Å². The number of rotatable bonds is 12. The van der Waals surface area contributed by atoms with Gasteiger partial charge in [-0.15, -0.1) is 0 Å². The number of benzene rings is 2. The molecule has 10 nitrogen and oxygen atoms in total. The van der Waals surface area contributed by atoms with Gasteiger partial charge >= 0.3 is 5.69 Å². The molecule has 0 atom stereocenters. The number of carbonyl (C=O) groups is 1. The molecule has 0 radical (unpaired) electrons. The smallest absolute Gasteiger partial charge is 0.310 e. The highest BCUT2D eigenvalue weighted by Gasteiger charge is 2.23. The van der Waals surface area contributed by atoms with E-state index in [4.69, 9.17) is 9.47 Å². The molecule has 0 aromatic heterocycles. The molecule has 39 heavy (non-hydrogen) atoms. The van der Waals surface area contributed by atoms with Gasteiger partial charge in [0.05, 0.1) is 30.0 Å². The number of nitrogens with zero attached hydrogens (tertiary/aromatic N) is 4. The molecule has 1 heterocycles. The first-order chi connectivity index (χ1) is 18.7. The van der Waals surface area contributed by atoms with Crippen LogP contribution in [-0.2, 0) is 4.79 Å². The second kappa shape index (κ2) is 13.8. The summed E-state index contributed by atoms with van der Waals surface area (Å²) in [7, 11) is 7.15. The molecular formula is C29H38N4O6. The lowest BCUT2D eigenvalue weighted by Crippen LogP contribution is -2.41. The van der Waals surface area contributed by atoms with Crippen molar-refractivity contribution in [2.24, 2.45) is 0 Å². The Morgan fingerprint density at radius 3 is 2.44 bits per heavy atom. The van der Waals surface area contributed by atoms with Crippen LogP contribution in [0.2, 0.25) is 0 Å². The van der Waals surface area contributed by atoms with Crippen LogP contribution in [0.3, 0.4) is 0 Å². The normalized spacial score (nSPS) is 13.6. The fourth-order valence-electron chi connectivity index (χ4n) is 4.78. The van der Waals surface area contributed by atoms with Gasteiger partial charge in [0.2, 0.25) is 0 Å². The minimum atomic E-state index is -0.552. The molecule has 0 spiro atoms. The van der Waals surface area contributed by atoms with Crippen LogP contribution in [0.5, 0.6) is 11.5 Å². The number of amides is 1. The SMILES string of the molecule is COc1cc(C(=O)N(C)c2ccc(C)cc2OCCCCC(=C=O)N2CCC(N(C)C)CC2)ccc1[N+](=O)[O-]. The summed E-state index contributed by atoms with van der Waals surface area (Å²) in [6.45, 7) is 4.12. The average molecular weight is 539 g/mol. The number of carbonyl (C=O) groups excluding carboxylic acids is 2. The zero-order chi connectivity index (χ0) is 28.5. The van der Waals surface area contributed by atoms with Crippen molar-refractivity contribution in [2.45, 2.75) is 45.1 Å². The molecule has 2 aromatic rings. The number of nitro benzene ring substituents is 1. The number of aryl methyl sites for hydroxylation is 1. The van der Waals surface area contributed by atoms with Crippen molar-refractivity contribution in [1.29, 1.82) is 0 Å². The lowest BCUT2D eigenvalue weighted by atomic mass is 10.0. The molecule has 1 saturated heterocycles. The minimum Gasteiger partial charge on any atom is -0.491 e. The Bertz CT molecular complexity index is 1220. The third-order valence-electron chi connectivity index (χ3n) is 7.16. The van der Waals surface area contributed by atoms with E-state index in [2.05, 4.69) is 29.8 Å². The van der Waals surface area contributed by atoms with Crippen LogP contribution in [-0.4, -0.2) is 80.6 Å². The van der Waals surface area contributed by atoms with Crippen molar-refractivity contribution < 1.29 is 24.0 Å². The third-order valence-corrected chi connectivity index (χ3v) is 7.16. The number of piperidine rings is 1. The molecule has 210 valence electrons. The summed E-state index contributed by atoms with van der Waals surface area (Å²) in [5, 5.41) is 11.2. The van der Waals surface area contributed by atoms with E-state index in [0.29, 0.717) is 30.5 Å². The molecule has 1 fully saturated rings. The number of anilines is 1. The molecule has 1 aliphatic heterocycles. The Labute approximate surface area is 229 Å². The van der Waals surface area contributed by atoms with Gasteiger partial charge in [0.15, 0.2) is 5.75 Å². The predicted octanol–water partition coefficient (Wildman–Crippen LogP) is 4.48. The summed E-state index contributed by atoms with van der Waals surface area (Å²) in [5.41, 5.74) is 2.35. The van der Waals surface area contributed by atoms with Crippen molar-refractivity contribution in [1.82, 2.24) is 9.80 Å².